The Labute approximate surface area is 189 Å². The molecule has 0 fully saturated rings. The summed E-state index contributed by atoms with van der Waals surface area (Å²) >= 11 is 7.45. The van der Waals surface area contributed by atoms with E-state index >= 15 is 0 Å². The molecule has 0 saturated carbocycles. The normalized spacial score (nSPS) is 11.0. The third kappa shape index (κ3) is 4.50. The molecule has 2 aromatic heterocycles. The number of amides is 1. The van der Waals surface area contributed by atoms with E-state index in [0.717, 1.165) is 22.4 Å². The molecule has 0 aliphatic heterocycles. The zero-order valence-electron chi connectivity index (χ0n) is 17.3. The largest absolute Gasteiger partial charge is 0.325 e. The maximum Gasteiger partial charge on any atom is 0.234 e. The molecule has 0 aliphatic carbocycles. The van der Waals surface area contributed by atoms with E-state index in [0.29, 0.717) is 21.7 Å². The van der Waals surface area contributed by atoms with E-state index < -0.39 is 0 Å². The lowest BCUT2D eigenvalue weighted by atomic mass is 10.1. The van der Waals surface area contributed by atoms with Crippen LogP contribution in [0.3, 0.4) is 0 Å². The van der Waals surface area contributed by atoms with Crippen molar-refractivity contribution in [2.75, 3.05) is 11.1 Å². The lowest BCUT2D eigenvalue weighted by Gasteiger charge is -2.09. The van der Waals surface area contributed by atoms with E-state index in [1.165, 1.54) is 11.8 Å². The van der Waals surface area contributed by atoms with Crippen molar-refractivity contribution >= 4 is 35.0 Å². The molecule has 1 N–H and O–H groups in total. The van der Waals surface area contributed by atoms with Crippen molar-refractivity contribution in [1.29, 1.82) is 0 Å². The van der Waals surface area contributed by atoms with Crippen molar-refractivity contribution < 1.29 is 4.79 Å². The first-order chi connectivity index (χ1) is 14.9. The molecule has 0 unspecified atom stereocenters. The third-order valence-corrected chi connectivity index (χ3v) is 6.26. The van der Waals surface area contributed by atoms with Gasteiger partial charge in [-0.1, -0.05) is 59.8 Å². The number of nitrogens with zero attached hydrogens (tertiary/aromatic N) is 5. The first kappa shape index (κ1) is 21.1. The fourth-order valence-corrected chi connectivity index (χ4v) is 4.08. The van der Waals surface area contributed by atoms with Gasteiger partial charge in [-0.3, -0.25) is 9.48 Å². The highest BCUT2D eigenvalue weighted by Gasteiger charge is 2.19. The van der Waals surface area contributed by atoms with Crippen LogP contribution >= 0.6 is 23.4 Å². The SMILES string of the molecule is Cc1c(Cl)cccc1NC(=O)CSc1nnc(-c2cn(C)nc2-c2ccccc2)n1C. The Morgan fingerprint density at radius 3 is 2.65 bits per heavy atom. The summed E-state index contributed by atoms with van der Waals surface area (Å²) in [5.74, 6) is 0.767. The molecule has 7 nitrogen and oxygen atoms in total. The number of anilines is 1. The van der Waals surface area contributed by atoms with Crippen LogP contribution in [0.1, 0.15) is 5.56 Å². The lowest BCUT2D eigenvalue weighted by molar-refractivity contribution is -0.113. The van der Waals surface area contributed by atoms with Gasteiger partial charge in [0.1, 0.15) is 5.69 Å². The predicted molar refractivity (Wildman–Crippen MR) is 124 cm³/mol. The van der Waals surface area contributed by atoms with Crippen LogP contribution in [0.5, 0.6) is 0 Å². The quantitative estimate of drug-likeness (QED) is 0.433. The molecule has 9 heteroatoms. The fourth-order valence-electron chi connectivity index (χ4n) is 3.20. The van der Waals surface area contributed by atoms with Crippen LogP contribution in [-0.4, -0.2) is 36.2 Å². The molecule has 0 spiro atoms. The van der Waals surface area contributed by atoms with Gasteiger partial charge in [0.2, 0.25) is 5.91 Å². The summed E-state index contributed by atoms with van der Waals surface area (Å²) in [6.07, 6.45) is 1.93. The Morgan fingerprint density at radius 1 is 1.10 bits per heavy atom. The van der Waals surface area contributed by atoms with Gasteiger partial charge in [-0.25, -0.2) is 0 Å². The minimum absolute atomic E-state index is 0.133. The summed E-state index contributed by atoms with van der Waals surface area (Å²) in [6, 6.07) is 15.4. The highest BCUT2D eigenvalue weighted by molar-refractivity contribution is 7.99. The number of carbonyl (C=O) groups excluding carboxylic acids is 1. The van der Waals surface area contributed by atoms with Gasteiger partial charge in [0.25, 0.3) is 0 Å². The molecule has 4 rings (SSSR count). The number of nitrogens with one attached hydrogen (secondary N) is 1. The molecule has 0 bridgehead atoms. The zero-order valence-corrected chi connectivity index (χ0v) is 18.9. The van der Waals surface area contributed by atoms with E-state index in [1.54, 1.807) is 10.7 Å². The highest BCUT2D eigenvalue weighted by atomic mass is 35.5. The number of aromatic nitrogens is 5. The molecule has 2 aromatic carbocycles. The van der Waals surface area contributed by atoms with Gasteiger partial charge in [0, 0.05) is 36.6 Å². The number of thioether (sulfide) groups is 1. The van der Waals surface area contributed by atoms with E-state index in [1.807, 2.05) is 74.2 Å². The monoisotopic (exact) mass is 452 g/mol. The Balaban J connectivity index is 1.51. The summed E-state index contributed by atoms with van der Waals surface area (Å²) in [6.45, 7) is 1.87. The Morgan fingerprint density at radius 2 is 1.87 bits per heavy atom. The van der Waals surface area contributed by atoms with Crippen LogP contribution in [0.15, 0.2) is 59.9 Å². The molecular weight excluding hydrogens is 432 g/mol. The van der Waals surface area contributed by atoms with Crippen molar-refractivity contribution in [3.8, 4) is 22.6 Å². The summed E-state index contributed by atoms with van der Waals surface area (Å²) in [5.41, 5.74) is 4.28. The number of hydrogen-bond acceptors (Lipinski definition) is 5. The Hall–Kier alpha value is -3.10. The minimum Gasteiger partial charge on any atom is -0.325 e. The molecule has 4 aromatic rings. The van der Waals surface area contributed by atoms with E-state index in [9.17, 15) is 4.79 Å². The van der Waals surface area contributed by atoms with Gasteiger partial charge in [-0.15, -0.1) is 10.2 Å². The maximum atomic E-state index is 12.4. The van der Waals surface area contributed by atoms with Gasteiger partial charge < -0.3 is 9.88 Å². The van der Waals surface area contributed by atoms with Gasteiger partial charge in [0.15, 0.2) is 11.0 Å². The molecule has 1 amide bonds. The average Bonchev–Trinajstić information content (AvgIpc) is 3.32. The number of rotatable bonds is 6. The predicted octanol–water partition coefficient (Wildman–Crippen LogP) is 4.58. The molecule has 0 saturated heterocycles. The standard InChI is InChI=1S/C22H21ClN6OS/c1-14-17(23)10-7-11-18(14)24-19(30)13-31-22-26-25-21(29(22)3)16-12-28(2)27-20(16)15-8-5-4-6-9-15/h4-12H,13H2,1-3H3,(H,24,30). The summed E-state index contributed by atoms with van der Waals surface area (Å²) in [7, 11) is 3.77. The van der Waals surface area contributed by atoms with Crippen LogP contribution in [0, 0.1) is 6.92 Å². The minimum atomic E-state index is -0.133. The maximum absolute atomic E-state index is 12.4. The Kier molecular flexibility index (Phi) is 6.11. The average molecular weight is 453 g/mol. The number of hydrogen-bond donors (Lipinski definition) is 1. The van der Waals surface area contributed by atoms with Gasteiger partial charge in [-0.05, 0) is 24.6 Å². The summed E-state index contributed by atoms with van der Waals surface area (Å²) < 4.78 is 3.64. The summed E-state index contributed by atoms with van der Waals surface area (Å²) in [4.78, 5) is 12.4. The molecule has 158 valence electrons. The molecular formula is C22H21ClN6OS. The van der Waals surface area contributed by atoms with Crippen LogP contribution in [-0.2, 0) is 18.9 Å². The number of aryl methyl sites for hydroxylation is 1. The van der Waals surface area contributed by atoms with Crippen molar-refractivity contribution in [2.24, 2.45) is 14.1 Å². The van der Waals surface area contributed by atoms with Crippen LogP contribution in [0.2, 0.25) is 5.02 Å². The number of benzene rings is 2. The van der Waals surface area contributed by atoms with Crippen molar-refractivity contribution in [3.63, 3.8) is 0 Å². The van der Waals surface area contributed by atoms with Crippen LogP contribution in [0.4, 0.5) is 5.69 Å². The van der Waals surface area contributed by atoms with Crippen LogP contribution in [0.25, 0.3) is 22.6 Å². The second-order valence-corrected chi connectivity index (χ2v) is 8.40. The topological polar surface area (TPSA) is 77.6 Å². The lowest BCUT2D eigenvalue weighted by Crippen LogP contribution is -2.15. The highest BCUT2D eigenvalue weighted by Crippen LogP contribution is 2.31. The summed E-state index contributed by atoms with van der Waals surface area (Å²) in [5, 5.41) is 17.4. The Bertz CT molecular complexity index is 1230. The molecule has 0 aliphatic rings. The second-order valence-electron chi connectivity index (χ2n) is 7.05. The van der Waals surface area contributed by atoms with Crippen molar-refractivity contribution in [1.82, 2.24) is 24.5 Å². The molecule has 0 radical (unpaired) electrons. The van der Waals surface area contributed by atoms with Crippen molar-refractivity contribution in [3.05, 3.63) is 65.3 Å². The molecule has 2 heterocycles. The van der Waals surface area contributed by atoms with Crippen LogP contribution < -0.4 is 5.32 Å². The first-order valence-corrected chi connectivity index (χ1v) is 11.0. The third-order valence-electron chi connectivity index (χ3n) is 4.83. The van der Waals surface area contributed by atoms with Gasteiger partial charge >= 0.3 is 0 Å². The van der Waals surface area contributed by atoms with Gasteiger partial charge in [-0.2, -0.15) is 5.10 Å². The van der Waals surface area contributed by atoms with Gasteiger partial charge in [0.05, 0.1) is 11.3 Å². The molecule has 31 heavy (non-hydrogen) atoms. The number of halogens is 1. The smallest absolute Gasteiger partial charge is 0.234 e. The first-order valence-electron chi connectivity index (χ1n) is 9.60. The number of carbonyl (C=O) groups is 1. The molecule has 0 atom stereocenters. The van der Waals surface area contributed by atoms with Crippen molar-refractivity contribution in [2.45, 2.75) is 12.1 Å². The fraction of sp³-hybridized carbons (Fsp3) is 0.182. The zero-order chi connectivity index (χ0) is 22.0. The van der Waals surface area contributed by atoms with E-state index in [4.69, 9.17) is 11.6 Å². The van der Waals surface area contributed by atoms with E-state index in [-0.39, 0.29) is 11.7 Å². The second kappa shape index (κ2) is 8.95. The van der Waals surface area contributed by atoms with E-state index in [2.05, 4.69) is 20.6 Å².